The first-order chi connectivity index (χ1) is 4.19. The first-order valence-corrected chi connectivity index (χ1v) is 3.48. The van der Waals surface area contributed by atoms with E-state index >= 15 is 0 Å². The van der Waals surface area contributed by atoms with Crippen LogP contribution in [0.4, 0.5) is 0 Å². The van der Waals surface area contributed by atoms with Crippen molar-refractivity contribution in [2.24, 2.45) is 5.41 Å². The molecule has 0 radical (unpaired) electrons. The molecule has 0 amide bonds. The Kier molecular flexibility index (Phi) is 1.78. The SMILES string of the molecule is CC1(CO)CCCC1O.[HH]. The van der Waals surface area contributed by atoms with Gasteiger partial charge in [-0.2, -0.15) is 0 Å². The predicted molar refractivity (Wildman–Crippen MR) is 37.2 cm³/mol. The van der Waals surface area contributed by atoms with E-state index in [9.17, 15) is 5.11 Å². The van der Waals surface area contributed by atoms with Gasteiger partial charge in [0.1, 0.15) is 0 Å². The second kappa shape index (κ2) is 2.27. The summed E-state index contributed by atoms with van der Waals surface area (Å²) in [6.07, 6.45) is 2.60. The van der Waals surface area contributed by atoms with Crippen molar-refractivity contribution in [2.45, 2.75) is 32.3 Å². The summed E-state index contributed by atoms with van der Waals surface area (Å²) in [6, 6.07) is 0. The molecule has 0 heterocycles. The second-order valence-electron chi connectivity index (χ2n) is 3.22. The predicted octanol–water partition coefficient (Wildman–Crippen LogP) is 0.776. The molecule has 0 aromatic carbocycles. The van der Waals surface area contributed by atoms with Crippen molar-refractivity contribution in [3.63, 3.8) is 0 Å². The number of aliphatic hydroxyl groups excluding tert-OH is 2. The zero-order valence-electron chi connectivity index (χ0n) is 5.80. The Hall–Kier alpha value is -0.0800. The monoisotopic (exact) mass is 132 g/mol. The molecule has 0 aromatic heterocycles. The van der Waals surface area contributed by atoms with Crippen LogP contribution in [-0.4, -0.2) is 22.9 Å². The minimum absolute atomic E-state index is 0. The van der Waals surface area contributed by atoms with Gasteiger partial charge in [0.15, 0.2) is 0 Å². The van der Waals surface area contributed by atoms with Crippen molar-refractivity contribution in [3.8, 4) is 0 Å². The summed E-state index contributed by atoms with van der Waals surface area (Å²) in [4.78, 5) is 0. The van der Waals surface area contributed by atoms with E-state index in [1.165, 1.54) is 0 Å². The Balaban J connectivity index is 0.000000810. The zero-order valence-corrected chi connectivity index (χ0v) is 5.80. The Labute approximate surface area is 57.0 Å². The van der Waals surface area contributed by atoms with Gasteiger partial charge in [0.25, 0.3) is 0 Å². The smallest absolute Gasteiger partial charge is 0.0615 e. The van der Waals surface area contributed by atoms with Crippen LogP contribution in [0.25, 0.3) is 0 Å². The number of hydrogen-bond acceptors (Lipinski definition) is 2. The molecule has 1 aliphatic rings. The molecular formula is C7H16O2. The average Bonchev–Trinajstić information content (AvgIpc) is 2.15. The summed E-state index contributed by atoms with van der Waals surface area (Å²) in [5.74, 6) is 0. The molecule has 2 atom stereocenters. The number of rotatable bonds is 1. The third kappa shape index (κ3) is 1.10. The molecule has 56 valence electrons. The van der Waals surface area contributed by atoms with E-state index < -0.39 is 0 Å². The quantitative estimate of drug-likeness (QED) is 0.553. The lowest BCUT2D eigenvalue weighted by Gasteiger charge is -2.24. The molecule has 9 heavy (non-hydrogen) atoms. The molecule has 1 aliphatic carbocycles. The van der Waals surface area contributed by atoms with Crippen LogP contribution >= 0.6 is 0 Å². The van der Waals surface area contributed by atoms with Gasteiger partial charge in [-0.05, 0) is 12.8 Å². The maximum Gasteiger partial charge on any atom is 0.0615 e. The molecule has 0 saturated heterocycles. The molecule has 1 fully saturated rings. The van der Waals surface area contributed by atoms with Crippen molar-refractivity contribution in [1.29, 1.82) is 0 Å². The van der Waals surface area contributed by atoms with Crippen molar-refractivity contribution in [3.05, 3.63) is 0 Å². The fraction of sp³-hybridized carbons (Fsp3) is 1.00. The van der Waals surface area contributed by atoms with Crippen LogP contribution in [0.2, 0.25) is 0 Å². The summed E-state index contributed by atoms with van der Waals surface area (Å²) in [7, 11) is 0. The Bertz CT molecular complexity index is 108. The molecule has 0 bridgehead atoms. The molecule has 0 aliphatic heterocycles. The molecule has 1 rings (SSSR count). The Morgan fingerprint density at radius 1 is 1.78 bits per heavy atom. The fourth-order valence-corrected chi connectivity index (χ4v) is 1.40. The lowest BCUT2D eigenvalue weighted by Crippen LogP contribution is -2.29. The molecular weight excluding hydrogens is 116 g/mol. The minimum atomic E-state index is -0.275. The molecule has 0 spiro atoms. The van der Waals surface area contributed by atoms with Gasteiger partial charge >= 0.3 is 0 Å². The first kappa shape index (κ1) is 7.03. The van der Waals surface area contributed by atoms with Crippen LogP contribution in [0.3, 0.4) is 0 Å². The summed E-state index contributed by atoms with van der Waals surface area (Å²) in [5.41, 5.74) is -0.194. The Morgan fingerprint density at radius 3 is 2.67 bits per heavy atom. The molecule has 2 nitrogen and oxygen atoms in total. The topological polar surface area (TPSA) is 40.5 Å². The van der Waals surface area contributed by atoms with Gasteiger partial charge in [-0.15, -0.1) is 0 Å². The van der Waals surface area contributed by atoms with Crippen LogP contribution < -0.4 is 0 Å². The van der Waals surface area contributed by atoms with Gasteiger partial charge in [-0.3, -0.25) is 0 Å². The largest absolute Gasteiger partial charge is 0.396 e. The summed E-state index contributed by atoms with van der Waals surface area (Å²) in [6.45, 7) is 2.05. The van der Waals surface area contributed by atoms with Crippen LogP contribution in [0.1, 0.15) is 27.6 Å². The Morgan fingerprint density at radius 2 is 2.44 bits per heavy atom. The van der Waals surface area contributed by atoms with E-state index in [1.54, 1.807) is 0 Å². The average molecular weight is 132 g/mol. The van der Waals surface area contributed by atoms with Crippen LogP contribution in [0.5, 0.6) is 0 Å². The third-order valence-corrected chi connectivity index (χ3v) is 2.39. The van der Waals surface area contributed by atoms with Gasteiger partial charge < -0.3 is 10.2 Å². The highest BCUT2D eigenvalue weighted by atomic mass is 16.3. The van der Waals surface area contributed by atoms with Crippen molar-refractivity contribution in [2.75, 3.05) is 6.61 Å². The first-order valence-electron chi connectivity index (χ1n) is 3.48. The molecule has 2 unspecified atom stereocenters. The number of hydrogen-bond donors (Lipinski definition) is 2. The van der Waals surface area contributed by atoms with Gasteiger partial charge in [0.05, 0.1) is 12.7 Å². The summed E-state index contributed by atoms with van der Waals surface area (Å²) >= 11 is 0. The van der Waals surface area contributed by atoms with Crippen molar-refractivity contribution in [1.82, 2.24) is 0 Å². The molecule has 2 heteroatoms. The van der Waals surface area contributed by atoms with E-state index in [1.807, 2.05) is 6.92 Å². The van der Waals surface area contributed by atoms with Crippen molar-refractivity contribution < 1.29 is 11.6 Å². The minimum Gasteiger partial charge on any atom is -0.396 e. The van der Waals surface area contributed by atoms with E-state index in [4.69, 9.17) is 5.11 Å². The highest BCUT2D eigenvalue weighted by molar-refractivity contribution is 4.87. The third-order valence-electron chi connectivity index (χ3n) is 2.39. The van der Waals surface area contributed by atoms with Crippen LogP contribution in [0, 0.1) is 5.41 Å². The van der Waals surface area contributed by atoms with Crippen LogP contribution in [0.15, 0.2) is 0 Å². The van der Waals surface area contributed by atoms with E-state index in [-0.39, 0.29) is 19.6 Å². The fourth-order valence-electron chi connectivity index (χ4n) is 1.40. The maximum atomic E-state index is 9.29. The van der Waals surface area contributed by atoms with Crippen molar-refractivity contribution >= 4 is 0 Å². The van der Waals surface area contributed by atoms with E-state index in [0.717, 1.165) is 19.3 Å². The maximum absolute atomic E-state index is 9.29. The van der Waals surface area contributed by atoms with Gasteiger partial charge in [-0.25, -0.2) is 0 Å². The van der Waals surface area contributed by atoms with Crippen LogP contribution in [-0.2, 0) is 0 Å². The standard InChI is InChI=1S/C7H14O2.H2/c1-7(5-8)4-2-3-6(7)9;/h6,8-9H,2-5H2,1H3;1H. The molecule has 0 aromatic rings. The summed E-state index contributed by atoms with van der Waals surface area (Å²) in [5, 5.41) is 18.1. The lowest BCUT2D eigenvalue weighted by atomic mass is 9.88. The van der Waals surface area contributed by atoms with Gasteiger partial charge in [0, 0.05) is 6.84 Å². The molecule has 2 N–H and O–H groups in total. The summed E-state index contributed by atoms with van der Waals surface area (Å²) < 4.78 is 0. The van der Waals surface area contributed by atoms with Gasteiger partial charge in [-0.1, -0.05) is 13.3 Å². The highest BCUT2D eigenvalue weighted by Crippen LogP contribution is 2.36. The van der Waals surface area contributed by atoms with E-state index in [2.05, 4.69) is 0 Å². The van der Waals surface area contributed by atoms with E-state index in [0.29, 0.717) is 0 Å². The lowest BCUT2D eigenvalue weighted by molar-refractivity contribution is 0.0201. The van der Waals surface area contributed by atoms with Gasteiger partial charge in [0.2, 0.25) is 0 Å². The second-order valence-corrected chi connectivity index (χ2v) is 3.22. The molecule has 1 saturated carbocycles. The normalized spacial score (nSPS) is 43.7. The zero-order chi connectivity index (χ0) is 6.91. The highest BCUT2D eigenvalue weighted by Gasteiger charge is 2.36. The number of aliphatic hydroxyl groups is 2.